The molecule has 1 saturated heterocycles. The molecule has 2 fully saturated rings. The Labute approximate surface area is 203 Å². The molecule has 1 aliphatic heterocycles. The number of aromatic nitrogens is 5. The van der Waals surface area contributed by atoms with E-state index in [0.717, 1.165) is 79.4 Å². The number of amides is 1. The minimum Gasteiger partial charge on any atom is -0.340 e. The SMILES string of the molecule is Cc1cc(-c2ccc3nc(Nc4cc(CN5CCN(C(=O)C6CC6)CC5)ccn4)[nH]c3c2)ncn1. The molecule has 3 aromatic heterocycles. The van der Waals surface area contributed by atoms with Crippen molar-refractivity contribution in [3.63, 3.8) is 0 Å². The van der Waals surface area contributed by atoms with Gasteiger partial charge in [-0.05, 0) is 55.7 Å². The molecule has 178 valence electrons. The fourth-order valence-corrected chi connectivity index (χ4v) is 4.58. The number of fused-ring (bicyclic) bond motifs is 1. The van der Waals surface area contributed by atoms with Crippen LogP contribution in [0, 0.1) is 12.8 Å². The molecule has 6 rings (SSSR count). The Bertz CT molecular complexity index is 1370. The van der Waals surface area contributed by atoms with E-state index in [0.29, 0.717) is 17.8 Å². The Morgan fingerprint density at radius 3 is 2.71 bits per heavy atom. The summed E-state index contributed by atoms with van der Waals surface area (Å²) in [5, 5.41) is 3.31. The van der Waals surface area contributed by atoms with Gasteiger partial charge in [-0.3, -0.25) is 9.69 Å². The highest BCUT2D eigenvalue weighted by atomic mass is 16.2. The van der Waals surface area contributed by atoms with Gasteiger partial charge in [-0.2, -0.15) is 0 Å². The van der Waals surface area contributed by atoms with Crippen molar-refractivity contribution in [1.29, 1.82) is 0 Å². The number of H-pyrrole nitrogens is 1. The Balaban J connectivity index is 1.11. The van der Waals surface area contributed by atoms with E-state index < -0.39 is 0 Å². The fraction of sp³-hybridized carbons (Fsp3) is 0.346. The van der Waals surface area contributed by atoms with Gasteiger partial charge in [0.05, 0.1) is 16.7 Å². The van der Waals surface area contributed by atoms with Crippen LogP contribution in [0.15, 0.2) is 48.9 Å². The Morgan fingerprint density at radius 1 is 1.06 bits per heavy atom. The number of nitrogens with one attached hydrogen (secondary N) is 2. The molecule has 1 aromatic carbocycles. The van der Waals surface area contributed by atoms with Gasteiger partial charge in [0.25, 0.3) is 0 Å². The van der Waals surface area contributed by atoms with Crippen LogP contribution in [0.2, 0.25) is 0 Å². The van der Waals surface area contributed by atoms with Crippen LogP contribution in [-0.2, 0) is 11.3 Å². The maximum atomic E-state index is 12.3. The van der Waals surface area contributed by atoms with Crippen molar-refractivity contribution in [2.45, 2.75) is 26.3 Å². The molecule has 0 bridgehead atoms. The number of piperazine rings is 1. The summed E-state index contributed by atoms with van der Waals surface area (Å²) in [6, 6.07) is 12.1. The van der Waals surface area contributed by atoms with Gasteiger partial charge in [0.15, 0.2) is 0 Å². The smallest absolute Gasteiger partial charge is 0.225 e. The average Bonchev–Trinajstić information content (AvgIpc) is 3.64. The summed E-state index contributed by atoms with van der Waals surface area (Å²) in [7, 11) is 0. The summed E-state index contributed by atoms with van der Waals surface area (Å²) in [6.07, 6.45) is 5.55. The molecule has 1 saturated carbocycles. The first-order chi connectivity index (χ1) is 17.1. The fourth-order valence-electron chi connectivity index (χ4n) is 4.58. The summed E-state index contributed by atoms with van der Waals surface area (Å²) < 4.78 is 0. The number of carbonyl (C=O) groups excluding carboxylic acids is 1. The third-order valence-corrected chi connectivity index (χ3v) is 6.67. The topological polar surface area (TPSA) is 103 Å². The average molecular weight is 469 g/mol. The second-order valence-electron chi connectivity index (χ2n) is 9.41. The predicted molar refractivity (Wildman–Crippen MR) is 134 cm³/mol. The highest BCUT2D eigenvalue weighted by molar-refractivity contribution is 5.83. The van der Waals surface area contributed by atoms with E-state index in [1.165, 1.54) is 5.56 Å². The van der Waals surface area contributed by atoms with Crippen LogP contribution in [0.25, 0.3) is 22.3 Å². The van der Waals surface area contributed by atoms with Crippen LogP contribution in [0.5, 0.6) is 0 Å². The highest BCUT2D eigenvalue weighted by Gasteiger charge is 2.34. The molecule has 1 amide bonds. The first-order valence-electron chi connectivity index (χ1n) is 12.1. The van der Waals surface area contributed by atoms with Crippen molar-refractivity contribution < 1.29 is 4.79 Å². The third-order valence-electron chi connectivity index (χ3n) is 6.67. The lowest BCUT2D eigenvalue weighted by Gasteiger charge is -2.34. The van der Waals surface area contributed by atoms with Crippen LogP contribution in [0.3, 0.4) is 0 Å². The molecule has 0 spiro atoms. The zero-order valence-corrected chi connectivity index (χ0v) is 19.7. The summed E-state index contributed by atoms with van der Waals surface area (Å²) in [5.41, 5.74) is 5.81. The molecular weight excluding hydrogens is 440 g/mol. The first-order valence-corrected chi connectivity index (χ1v) is 12.1. The molecule has 0 unspecified atom stereocenters. The molecule has 0 radical (unpaired) electrons. The maximum absolute atomic E-state index is 12.3. The summed E-state index contributed by atoms with van der Waals surface area (Å²) in [5.74, 6) is 2.05. The Hall–Kier alpha value is -3.85. The largest absolute Gasteiger partial charge is 0.340 e. The summed E-state index contributed by atoms with van der Waals surface area (Å²) in [6.45, 7) is 6.24. The number of carbonyl (C=O) groups is 1. The van der Waals surface area contributed by atoms with Gasteiger partial charge in [0.2, 0.25) is 11.9 Å². The molecule has 2 N–H and O–H groups in total. The normalized spacial score (nSPS) is 16.5. The van der Waals surface area contributed by atoms with Crippen molar-refractivity contribution >= 4 is 28.7 Å². The lowest BCUT2D eigenvalue weighted by molar-refractivity contribution is -0.134. The zero-order chi connectivity index (χ0) is 23.8. The number of nitrogens with zero attached hydrogens (tertiary/aromatic N) is 6. The summed E-state index contributed by atoms with van der Waals surface area (Å²) in [4.78, 5) is 37.8. The van der Waals surface area contributed by atoms with Gasteiger partial charge in [0.1, 0.15) is 12.1 Å². The van der Waals surface area contributed by atoms with Crippen molar-refractivity contribution in [2.24, 2.45) is 5.92 Å². The van der Waals surface area contributed by atoms with Gasteiger partial charge in [-0.15, -0.1) is 0 Å². The van der Waals surface area contributed by atoms with Gasteiger partial charge in [-0.25, -0.2) is 19.9 Å². The monoisotopic (exact) mass is 468 g/mol. The lowest BCUT2D eigenvalue weighted by Crippen LogP contribution is -2.48. The van der Waals surface area contributed by atoms with E-state index in [4.69, 9.17) is 0 Å². The number of benzene rings is 1. The number of pyridine rings is 1. The third kappa shape index (κ3) is 4.85. The number of hydrogen-bond donors (Lipinski definition) is 2. The van der Waals surface area contributed by atoms with E-state index in [1.54, 1.807) is 6.33 Å². The van der Waals surface area contributed by atoms with E-state index in [-0.39, 0.29) is 0 Å². The Kier molecular flexibility index (Phi) is 5.61. The second kappa shape index (κ2) is 9.07. The molecule has 9 nitrogen and oxygen atoms in total. The van der Waals surface area contributed by atoms with Crippen LogP contribution in [0.1, 0.15) is 24.1 Å². The minimum atomic E-state index is 0.303. The number of hydrogen-bond acceptors (Lipinski definition) is 7. The second-order valence-corrected chi connectivity index (χ2v) is 9.41. The first kappa shape index (κ1) is 21.7. The van der Waals surface area contributed by atoms with Crippen molar-refractivity contribution in [3.8, 4) is 11.3 Å². The van der Waals surface area contributed by atoms with E-state index in [1.807, 2.05) is 48.4 Å². The molecule has 35 heavy (non-hydrogen) atoms. The van der Waals surface area contributed by atoms with Gasteiger partial charge >= 0.3 is 0 Å². The molecule has 1 aliphatic carbocycles. The molecule has 2 aliphatic rings. The minimum absolute atomic E-state index is 0.303. The molecule has 4 heterocycles. The van der Waals surface area contributed by atoms with Crippen molar-refractivity contribution in [1.82, 2.24) is 34.7 Å². The van der Waals surface area contributed by atoms with Crippen LogP contribution in [0.4, 0.5) is 11.8 Å². The predicted octanol–water partition coefficient (Wildman–Crippen LogP) is 3.52. The highest BCUT2D eigenvalue weighted by Crippen LogP contribution is 2.31. The van der Waals surface area contributed by atoms with Crippen LogP contribution in [-0.4, -0.2) is 66.8 Å². The Morgan fingerprint density at radius 2 is 1.91 bits per heavy atom. The standard InChI is InChI=1S/C26H28N8O/c1-17-12-22(29-16-28-17)20-4-5-21-23(14-20)31-26(30-21)32-24-13-18(6-7-27-24)15-33-8-10-34(11-9-33)25(35)19-2-3-19/h4-7,12-14,16,19H,2-3,8-11,15H2,1H3,(H2,27,30,31,32). The molecular formula is C26H28N8O. The number of aromatic amines is 1. The zero-order valence-electron chi connectivity index (χ0n) is 19.7. The van der Waals surface area contributed by atoms with Crippen LogP contribution >= 0.6 is 0 Å². The van der Waals surface area contributed by atoms with E-state index >= 15 is 0 Å². The lowest BCUT2D eigenvalue weighted by atomic mass is 10.1. The van der Waals surface area contributed by atoms with Crippen molar-refractivity contribution in [2.75, 3.05) is 31.5 Å². The maximum Gasteiger partial charge on any atom is 0.225 e. The quantitative estimate of drug-likeness (QED) is 0.446. The van der Waals surface area contributed by atoms with Gasteiger partial charge < -0.3 is 15.2 Å². The van der Waals surface area contributed by atoms with E-state index in [9.17, 15) is 4.79 Å². The molecule has 4 aromatic rings. The number of anilines is 2. The molecule has 0 atom stereocenters. The van der Waals surface area contributed by atoms with Crippen LogP contribution < -0.4 is 5.32 Å². The summed E-state index contributed by atoms with van der Waals surface area (Å²) >= 11 is 0. The number of rotatable bonds is 6. The van der Waals surface area contributed by atoms with E-state index in [2.05, 4.69) is 41.2 Å². The number of aryl methyl sites for hydroxylation is 1. The van der Waals surface area contributed by atoms with Crippen molar-refractivity contribution in [3.05, 3.63) is 60.2 Å². The van der Waals surface area contributed by atoms with Gasteiger partial charge in [-0.1, -0.05) is 6.07 Å². The number of imidazole rings is 1. The molecule has 9 heteroatoms. The van der Waals surface area contributed by atoms with Gasteiger partial charge in [0, 0.05) is 56.1 Å².